The Bertz CT molecular complexity index is 592. The number of nitrogens with one attached hydrogen (secondary N) is 1. The third-order valence-electron chi connectivity index (χ3n) is 4.38. The van der Waals surface area contributed by atoms with Gasteiger partial charge in [-0.25, -0.2) is 8.78 Å². The molecule has 2 heterocycles. The predicted molar refractivity (Wildman–Crippen MR) is 82.7 cm³/mol. The molecule has 6 heteroatoms. The van der Waals surface area contributed by atoms with Crippen molar-refractivity contribution in [2.75, 3.05) is 19.7 Å². The fourth-order valence-corrected chi connectivity index (χ4v) is 3.14. The van der Waals surface area contributed by atoms with Gasteiger partial charge in [0.2, 0.25) is 5.91 Å². The van der Waals surface area contributed by atoms with Crippen LogP contribution in [-0.4, -0.2) is 42.5 Å². The van der Waals surface area contributed by atoms with Crippen LogP contribution in [0.4, 0.5) is 8.78 Å². The van der Waals surface area contributed by atoms with Crippen molar-refractivity contribution < 1.29 is 18.3 Å². The van der Waals surface area contributed by atoms with Gasteiger partial charge in [0.15, 0.2) is 0 Å². The van der Waals surface area contributed by atoms with Crippen molar-refractivity contribution in [3.05, 3.63) is 29.3 Å². The van der Waals surface area contributed by atoms with E-state index in [2.05, 4.69) is 12.2 Å². The molecule has 23 heavy (non-hydrogen) atoms. The minimum absolute atomic E-state index is 0.223. The zero-order valence-corrected chi connectivity index (χ0v) is 13.3. The van der Waals surface area contributed by atoms with E-state index < -0.39 is 24.9 Å². The van der Waals surface area contributed by atoms with Gasteiger partial charge in [-0.1, -0.05) is 13.0 Å². The molecular formula is C17H22F2N2O2. The van der Waals surface area contributed by atoms with E-state index in [-0.39, 0.29) is 5.91 Å². The minimum Gasteiger partial charge on any atom is -0.494 e. The van der Waals surface area contributed by atoms with Crippen molar-refractivity contribution >= 4 is 5.91 Å². The van der Waals surface area contributed by atoms with Crippen molar-refractivity contribution in [1.29, 1.82) is 0 Å². The van der Waals surface area contributed by atoms with Gasteiger partial charge >= 0.3 is 0 Å². The molecule has 1 aromatic carbocycles. The molecule has 0 spiro atoms. The second-order valence-corrected chi connectivity index (χ2v) is 6.28. The van der Waals surface area contributed by atoms with Gasteiger partial charge in [-0.3, -0.25) is 10.1 Å². The van der Waals surface area contributed by atoms with Crippen molar-refractivity contribution in [1.82, 2.24) is 10.2 Å². The molecule has 2 aliphatic heterocycles. The van der Waals surface area contributed by atoms with E-state index in [9.17, 15) is 13.6 Å². The van der Waals surface area contributed by atoms with Crippen LogP contribution in [0.25, 0.3) is 0 Å². The van der Waals surface area contributed by atoms with E-state index in [1.54, 1.807) is 4.90 Å². The largest absolute Gasteiger partial charge is 0.494 e. The third kappa shape index (κ3) is 3.63. The number of rotatable bonds is 4. The van der Waals surface area contributed by atoms with Crippen LogP contribution in [0.15, 0.2) is 18.2 Å². The Morgan fingerprint density at radius 1 is 1.43 bits per heavy atom. The number of hydrogen-bond donors (Lipinski definition) is 1. The number of nitrogens with zero attached hydrogens (tertiary/aromatic N) is 1. The highest BCUT2D eigenvalue weighted by molar-refractivity contribution is 5.82. The van der Waals surface area contributed by atoms with Crippen molar-refractivity contribution in [2.45, 2.75) is 44.7 Å². The lowest BCUT2D eigenvalue weighted by molar-refractivity contribution is -0.134. The lowest BCUT2D eigenvalue weighted by Crippen LogP contribution is -2.45. The van der Waals surface area contributed by atoms with Crippen LogP contribution < -0.4 is 10.1 Å². The van der Waals surface area contributed by atoms with Crippen LogP contribution in [0.5, 0.6) is 5.75 Å². The van der Waals surface area contributed by atoms with Gasteiger partial charge in [-0.15, -0.1) is 0 Å². The molecule has 0 radical (unpaired) electrons. The maximum absolute atomic E-state index is 13.3. The predicted octanol–water partition coefficient (Wildman–Crippen LogP) is 2.36. The monoisotopic (exact) mass is 324 g/mol. The highest BCUT2D eigenvalue weighted by Gasteiger charge is 2.43. The molecule has 0 aliphatic carbocycles. The van der Waals surface area contributed by atoms with Crippen LogP contribution in [0.3, 0.4) is 0 Å². The number of amides is 1. The maximum Gasteiger partial charge on any atom is 0.262 e. The number of carbonyl (C=O) groups is 1. The first kappa shape index (κ1) is 16.2. The summed E-state index contributed by atoms with van der Waals surface area (Å²) in [4.78, 5) is 14.1. The maximum atomic E-state index is 13.3. The van der Waals surface area contributed by atoms with Crippen molar-refractivity contribution in [3.8, 4) is 5.75 Å². The van der Waals surface area contributed by atoms with E-state index in [1.807, 2.05) is 18.2 Å². The average molecular weight is 324 g/mol. The first-order valence-electron chi connectivity index (χ1n) is 8.13. The Labute approximate surface area is 134 Å². The summed E-state index contributed by atoms with van der Waals surface area (Å²) in [5.74, 6) is -2.15. The van der Waals surface area contributed by atoms with Gasteiger partial charge in [0.1, 0.15) is 5.75 Å². The molecule has 1 saturated heterocycles. The molecule has 1 unspecified atom stereocenters. The van der Waals surface area contributed by atoms with Gasteiger partial charge in [-0.05, 0) is 36.1 Å². The molecule has 2 aliphatic rings. The van der Waals surface area contributed by atoms with Gasteiger partial charge in [0.25, 0.3) is 5.92 Å². The minimum atomic E-state index is -2.78. The highest BCUT2D eigenvalue weighted by Crippen LogP contribution is 2.28. The molecule has 0 saturated carbocycles. The van der Waals surface area contributed by atoms with Crippen LogP contribution in [0, 0.1) is 0 Å². The lowest BCUT2D eigenvalue weighted by atomic mass is 9.98. The molecule has 126 valence electrons. The summed E-state index contributed by atoms with van der Waals surface area (Å²) in [6.07, 6.45) is 1.28. The summed E-state index contributed by atoms with van der Waals surface area (Å²) in [5.41, 5.74) is 2.24. The molecule has 1 atom stereocenters. The summed E-state index contributed by atoms with van der Waals surface area (Å²) in [7, 11) is 0. The number of carbonyl (C=O) groups excluding carboxylic acids is 1. The number of alkyl halides is 2. The SMILES string of the molecule is CCCOc1ccc2c(c1)CCN(C(=O)C1CC(F)(F)CN1)C2. The average Bonchev–Trinajstić information content (AvgIpc) is 2.91. The Balaban J connectivity index is 1.65. The highest BCUT2D eigenvalue weighted by atomic mass is 19.3. The second kappa shape index (κ2) is 6.43. The molecule has 1 N–H and O–H groups in total. The Morgan fingerprint density at radius 2 is 2.26 bits per heavy atom. The number of fused-ring (bicyclic) bond motifs is 1. The van der Waals surface area contributed by atoms with E-state index in [4.69, 9.17) is 4.74 Å². The molecule has 1 fully saturated rings. The van der Waals surface area contributed by atoms with Crippen LogP contribution in [0.1, 0.15) is 30.9 Å². The molecule has 3 rings (SSSR count). The van der Waals surface area contributed by atoms with E-state index in [1.165, 1.54) is 5.56 Å². The zero-order chi connectivity index (χ0) is 16.4. The molecule has 0 aromatic heterocycles. The van der Waals surface area contributed by atoms with Gasteiger partial charge in [0, 0.05) is 19.5 Å². The summed E-state index contributed by atoms with van der Waals surface area (Å²) >= 11 is 0. The van der Waals surface area contributed by atoms with Crippen LogP contribution >= 0.6 is 0 Å². The Kier molecular flexibility index (Phi) is 4.53. The molecule has 4 nitrogen and oxygen atoms in total. The van der Waals surface area contributed by atoms with Crippen molar-refractivity contribution in [3.63, 3.8) is 0 Å². The van der Waals surface area contributed by atoms with E-state index >= 15 is 0 Å². The van der Waals surface area contributed by atoms with Gasteiger partial charge in [0.05, 0.1) is 19.2 Å². The van der Waals surface area contributed by atoms with Crippen LogP contribution in [-0.2, 0) is 17.8 Å². The molecule has 0 bridgehead atoms. The lowest BCUT2D eigenvalue weighted by Gasteiger charge is -2.31. The topological polar surface area (TPSA) is 41.6 Å². The Hall–Kier alpha value is -1.69. The molecule has 1 aromatic rings. The van der Waals surface area contributed by atoms with Gasteiger partial charge in [-0.2, -0.15) is 0 Å². The van der Waals surface area contributed by atoms with Gasteiger partial charge < -0.3 is 9.64 Å². The van der Waals surface area contributed by atoms with E-state index in [0.29, 0.717) is 19.7 Å². The number of halogens is 2. The van der Waals surface area contributed by atoms with Crippen molar-refractivity contribution in [2.24, 2.45) is 0 Å². The third-order valence-corrected chi connectivity index (χ3v) is 4.38. The first-order chi connectivity index (χ1) is 11.0. The summed E-state index contributed by atoms with van der Waals surface area (Å²) < 4.78 is 32.1. The summed E-state index contributed by atoms with van der Waals surface area (Å²) in [6.45, 7) is 3.37. The summed E-state index contributed by atoms with van der Waals surface area (Å²) in [5, 5.41) is 2.64. The number of ether oxygens (including phenoxy) is 1. The van der Waals surface area contributed by atoms with E-state index in [0.717, 1.165) is 24.2 Å². The smallest absolute Gasteiger partial charge is 0.262 e. The first-order valence-corrected chi connectivity index (χ1v) is 8.13. The molecule has 1 amide bonds. The fourth-order valence-electron chi connectivity index (χ4n) is 3.14. The molecular weight excluding hydrogens is 302 g/mol. The standard InChI is InChI=1S/C17H22F2N2O2/c1-2-7-23-14-4-3-13-10-21(6-5-12(13)8-14)16(22)15-9-17(18,19)11-20-15/h3-4,8,15,20H,2,5-7,9-11H2,1H3. The number of hydrogen-bond acceptors (Lipinski definition) is 3. The zero-order valence-electron chi connectivity index (χ0n) is 13.3. The normalized spacial score (nSPS) is 22.7. The quantitative estimate of drug-likeness (QED) is 0.924. The fraction of sp³-hybridized carbons (Fsp3) is 0.588. The Morgan fingerprint density at radius 3 is 2.96 bits per heavy atom. The van der Waals surface area contributed by atoms with Crippen LogP contribution in [0.2, 0.25) is 0 Å². The number of benzene rings is 1. The summed E-state index contributed by atoms with van der Waals surface area (Å²) in [6, 6.07) is 5.13. The second-order valence-electron chi connectivity index (χ2n) is 6.28.